The molecule has 0 saturated carbocycles. The van der Waals surface area contributed by atoms with Crippen LogP contribution in [0.4, 0.5) is 0 Å². The Balaban J connectivity index is 3.84. The lowest BCUT2D eigenvalue weighted by molar-refractivity contribution is 0.549. The fourth-order valence-corrected chi connectivity index (χ4v) is 1.65. The maximum absolute atomic E-state index is 10.9. The molecule has 0 aliphatic rings. The molecule has 1 atom stereocenters. The van der Waals surface area contributed by atoms with Crippen LogP contribution in [0.5, 0.6) is 0 Å². The largest absolute Gasteiger partial charge is 0.291 e. The van der Waals surface area contributed by atoms with Gasteiger partial charge in [0.05, 0.1) is 5.75 Å². The van der Waals surface area contributed by atoms with Crippen LogP contribution in [0.3, 0.4) is 0 Å². The number of hydrogen-bond donors (Lipinski definition) is 0. The van der Waals surface area contributed by atoms with Gasteiger partial charge in [0.1, 0.15) is 4.71 Å². The first-order valence-electron chi connectivity index (χ1n) is 3.21. The summed E-state index contributed by atoms with van der Waals surface area (Å²) in [5.74, 6) is -0.0348. The van der Waals surface area contributed by atoms with Crippen molar-refractivity contribution < 1.29 is 13.2 Å². The quantitative estimate of drug-likeness (QED) is 0.486. The third kappa shape index (κ3) is 4.37. The van der Waals surface area contributed by atoms with Gasteiger partial charge in [-0.25, -0.2) is 8.42 Å². The van der Waals surface area contributed by atoms with E-state index in [1.54, 1.807) is 6.29 Å². The fourth-order valence-electron chi connectivity index (χ4n) is 0.508. The number of unbranched alkanes of at least 4 members (excludes halogenated alkanes) is 1. The SMILES string of the molecule is CC(Cl)S(=O)(=O)CCC[C]=O. The van der Waals surface area contributed by atoms with Crippen LogP contribution in [0, 0.1) is 0 Å². The van der Waals surface area contributed by atoms with Crippen LogP contribution in [-0.4, -0.2) is 25.2 Å². The molecule has 11 heavy (non-hydrogen) atoms. The van der Waals surface area contributed by atoms with Crippen molar-refractivity contribution in [1.29, 1.82) is 0 Å². The Morgan fingerprint density at radius 3 is 2.45 bits per heavy atom. The molecule has 0 fully saturated rings. The molecule has 0 bridgehead atoms. The Morgan fingerprint density at radius 1 is 1.55 bits per heavy atom. The zero-order valence-corrected chi connectivity index (χ0v) is 7.78. The van der Waals surface area contributed by atoms with Gasteiger partial charge in [-0.15, -0.1) is 11.6 Å². The van der Waals surface area contributed by atoms with E-state index in [9.17, 15) is 13.2 Å². The normalized spacial score (nSPS) is 14.4. The summed E-state index contributed by atoms with van der Waals surface area (Å²) in [6.45, 7) is 1.40. The standard InChI is InChI=1S/C6H10ClO3S/c1-6(7)11(9,10)5-3-2-4-8/h6H,2-3,5H2,1H3. The van der Waals surface area contributed by atoms with Crippen LogP contribution in [-0.2, 0) is 14.6 Å². The third-order valence-corrected chi connectivity index (χ3v) is 3.86. The van der Waals surface area contributed by atoms with Gasteiger partial charge >= 0.3 is 0 Å². The molecule has 0 rings (SSSR count). The number of halogens is 1. The van der Waals surface area contributed by atoms with Crippen LogP contribution >= 0.6 is 11.6 Å². The maximum atomic E-state index is 10.9. The Bertz CT molecular complexity index is 208. The summed E-state index contributed by atoms with van der Waals surface area (Å²) < 4.78 is 21.0. The molecule has 0 heterocycles. The highest BCUT2D eigenvalue weighted by atomic mass is 35.5. The summed E-state index contributed by atoms with van der Waals surface area (Å²) in [5.41, 5.74) is 0. The highest BCUT2D eigenvalue weighted by Crippen LogP contribution is 2.07. The lowest BCUT2D eigenvalue weighted by atomic mass is 10.4. The van der Waals surface area contributed by atoms with Crippen LogP contribution in [0.1, 0.15) is 19.8 Å². The van der Waals surface area contributed by atoms with Crippen LogP contribution in [0.2, 0.25) is 0 Å². The van der Waals surface area contributed by atoms with Crippen molar-refractivity contribution in [2.75, 3.05) is 5.75 Å². The average Bonchev–Trinajstić information content (AvgIpc) is 1.88. The smallest absolute Gasteiger partial charge is 0.198 e. The highest BCUT2D eigenvalue weighted by Gasteiger charge is 2.16. The van der Waals surface area contributed by atoms with Crippen molar-refractivity contribution in [3.05, 3.63) is 0 Å². The van der Waals surface area contributed by atoms with Crippen molar-refractivity contribution in [2.45, 2.75) is 24.5 Å². The van der Waals surface area contributed by atoms with E-state index in [-0.39, 0.29) is 12.2 Å². The van der Waals surface area contributed by atoms with Gasteiger partial charge in [-0.1, -0.05) is 0 Å². The molecule has 0 aliphatic carbocycles. The molecular weight excluding hydrogens is 188 g/mol. The van der Waals surface area contributed by atoms with E-state index in [0.29, 0.717) is 6.42 Å². The molecule has 5 heteroatoms. The molecule has 0 aromatic rings. The minimum atomic E-state index is -3.18. The molecule has 1 radical (unpaired) electrons. The number of rotatable bonds is 5. The van der Waals surface area contributed by atoms with Gasteiger partial charge < -0.3 is 0 Å². The molecule has 0 aromatic heterocycles. The zero-order chi connectivity index (χ0) is 8.91. The van der Waals surface area contributed by atoms with E-state index in [2.05, 4.69) is 0 Å². The lowest BCUT2D eigenvalue weighted by Crippen LogP contribution is -2.15. The molecule has 65 valence electrons. The van der Waals surface area contributed by atoms with Crippen LogP contribution in [0.25, 0.3) is 0 Å². The number of carbonyl (C=O) groups excluding carboxylic acids is 1. The first kappa shape index (κ1) is 10.9. The minimum Gasteiger partial charge on any atom is -0.291 e. The number of hydrogen-bond acceptors (Lipinski definition) is 3. The molecule has 0 aliphatic heterocycles. The third-order valence-electron chi connectivity index (χ3n) is 1.20. The maximum Gasteiger partial charge on any atom is 0.198 e. The van der Waals surface area contributed by atoms with Gasteiger partial charge in [0.15, 0.2) is 16.1 Å². The van der Waals surface area contributed by atoms with E-state index in [4.69, 9.17) is 11.6 Å². The first-order valence-corrected chi connectivity index (χ1v) is 5.36. The average molecular weight is 198 g/mol. The Hall–Kier alpha value is -0.0900. The van der Waals surface area contributed by atoms with Crippen molar-refractivity contribution in [2.24, 2.45) is 0 Å². The van der Waals surface area contributed by atoms with E-state index in [1.807, 2.05) is 0 Å². The topological polar surface area (TPSA) is 51.2 Å². The van der Waals surface area contributed by atoms with Gasteiger partial charge in [-0.05, 0) is 13.3 Å². The molecule has 0 spiro atoms. The number of sulfone groups is 1. The van der Waals surface area contributed by atoms with E-state index >= 15 is 0 Å². The zero-order valence-electron chi connectivity index (χ0n) is 6.21. The van der Waals surface area contributed by atoms with Gasteiger partial charge in [-0.3, -0.25) is 4.79 Å². The molecular formula is C6H10ClO3S. The Morgan fingerprint density at radius 2 is 2.09 bits per heavy atom. The van der Waals surface area contributed by atoms with Gasteiger partial charge in [0.25, 0.3) is 0 Å². The summed E-state index contributed by atoms with van der Waals surface area (Å²) in [4.78, 5) is 9.71. The second-order valence-electron chi connectivity index (χ2n) is 2.16. The molecule has 1 unspecified atom stereocenters. The summed E-state index contributed by atoms with van der Waals surface area (Å²) >= 11 is 5.36. The van der Waals surface area contributed by atoms with Crippen molar-refractivity contribution in [3.8, 4) is 0 Å². The number of alkyl halides is 1. The lowest BCUT2D eigenvalue weighted by Gasteiger charge is -2.02. The molecule has 0 amide bonds. The predicted molar refractivity (Wildman–Crippen MR) is 44.0 cm³/mol. The second kappa shape index (κ2) is 4.72. The van der Waals surface area contributed by atoms with Gasteiger partial charge in [0.2, 0.25) is 0 Å². The van der Waals surface area contributed by atoms with E-state index in [0.717, 1.165) is 0 Å². The van der Waals surface area contributed by atoms with Crippen molar-refractivity contribution in [3.63, 3.8) is 0 Å². The molecule has 0 N–H and O–H groups in total. The Labute approximate surface area is 71.7 Å². The Kier molecular flexibility index (Phi) is 4.68. The summed E-state index contributed by atoms with van der Waals surface area (Å²) in [5, 5.41) is 0. The summed E-state index contributed by atoms with van der Waals surface area (Å²) in [7, 11) is -3.18. The predicted octanol–water partition coefficient (Wildman–Crippen LogP) is 0.876. The summed E-state index contributed by atoms with van der Waals surface area (Å²) in [6, 6.07) is 0. The highest BCUT2D eigenvalue weighted by molar-refractivity contribution is 7.93. The van der Waals surface area contributed by atoms with E-state index in [1.165, 1.54) is 6.92 Å². The van der Waals surface area contributed by atoms with Crippen molar-refractivity contribution in [1.82, 2.24) is 0 Å². The van der Waals surface area contributed by atoms with Crippen LogP contribution < -0.4 is 0 Å². The van der Waals surface area contributed by atoms with Gasteiger partial charge in [0, 0.05) is 6.42 Å². The second-order valence-corrected chi connectivity index (χ2v) is 5.51. The molecule has 0 aromatic carbocycles. The van der Waals surface area contributed by atoms with E-state index < -0.39 is 14.5 Å². The molecule has 0 saturated heterocycles. The molecule has 3 nitrogen and oxygen atoms in total. The first-order chi connectivity index (χ1) is 5.00. The summed E-state index contributed by atoms with van der Waals surface area (Å²) in [6.07, 6.45) is 2.09. The van der Waals surface area contributed by atoms with Crippen molar-refractivity contribution >= 4 is 27.7 Å². The monoisotopic (exact) mass is 197 g/mol. The fraction of sp³-hybridized carbons (Fsp3) is 0.833. The van der Waals surface area contributed by atoms with Gasteiger partial charge in [-0.2, -0.15) is 0 Å². The van der Waals surface area contributed by atoms with Crippen LogP contribution in [0.15, 0.2) is 0 Å². The minimum absolute atomic E-state index is 0.0348.